The summed E-state index contributed by atoms with van der Waals surface area (Å²) in [6, 6.07) is 3.91. The Bertz CT molecular complexity index is 378. The first kappa shape index (κ1) is 9.02. The number of nitrogens with one attached hydrogen (secondary N) is 2. The van der Waals surface area contributed by atoms with Crippen LogP contribution in [-0.4, -0.2) is 10.2 Å². The molecular formula is C10H13N3O. The van der Waals surface area contributed by atoms with E-state index in [4.69, 9.17) is 4.42 Å². The maximum absolute atomic E-state index is 5.30. The summed E-state index contributed by atoms with van der Waals surface area (Å²) < 4.78 is 5.30. The molecule has 2 rings (SSSR count). The van der Waals surface area contributed by atoms with Gasteiger partial charge in [-0.3, -0.25) is 5.10 Å². The molecule has 2 heterocycles. The van der Waals surface area contributed by atoms with E-state index in [1.807, 2.05) is 19.1 Å². The van der Waals surface area contributed by atoms with E-state index in [0.717, 1.165) is 24.5 Å². The molecule has 0 atom stereocenters. The molecule has 74 valence electrons. The van der Waals surface area contributed by atoms with Crippen LogP contribution >= 0.6 is 0 Å². The van der Waals surface area contributed by atoms with Crippen LogP contribution in [-0.2, 0) is 13.1 Å². The number of furan rings is 1. The number of aryl methyl sites for hydroxylation is 1. The average Bonchev–Trinajstić information content (AvgIpc) is 2.78. The summed E-state index contributed by atoms with van der Waals surface area (Å²) in [7, 11) is 0. The molecule has 2 aromatic heterocycles. The third-order valence-electron chi connectivity index (χ3n) is 2.13. The number of hydrogen-bond acceptors (Lipinski definition) is 3. The summed E-state index contributed by atoms with van der Waals surface area (Å²) in [5.74, 6) is 0.990. The van der Waals surface area contributed by atoms with Gasteiger partial charge in [-0.25, -0.2) is 0 Å². The summed E-state index contributed by atoms with van der Waals surface area (Å²) >= 11 is 0. The number of H-pyrrole nitrogens is 1. The molecule has 0 spiro atoms. The van der Waals surface area contributed by atoms with Crippen molar-refractivity contribution in [3.63, 3.8) is 0 Å². The van der Waals surface area contributed by atoms with Gasteiger partial charge in [0.1, 0.15) is 5.76 Å². The van der Waals surface area contributed by atoms with E-state index in [9.17, 15) is 0 Å². The molecule has 0 unspecified atom stereocenters. The lowest BCUT2D eigenvalue weighted by Crippen LogP contribution is -2.13. The standard InChI is InChI=1S/C10H13N3O/c1-8-3-5-14-10(8)7-11-6-9-2-4-12-13-9/h2-5,11H,6-7H2,1H3,(H,12,13). The van der Waals surface area contributed by atoms with E-state index < -0.39 is 0 Å². The van der Waals surface area contributed by atoms with Gasteiger partial charge in [-0.05, 0) is 24.6 Å². The van der Waals surface area contributed by atoms with Crippen molar-refractivity contribution in [1.29, 1.82) is 0 Å². The molecule has 0 saturated carbocycles. The maximum atomic E-state index is 5.30. The summed E-state index contributed by atoms with van der Waals surface area (Å²) in [6.45, 7) is 3.56. The molecule has 0 fully saturated rings. The SMILES string of the molecule is Cc1ccoc1CNCc1ccn[nH]1. The lowest BCUT2D eigenvalue weighted by Gasteiger charge is -2.00. The molecule has 2 aromatic rings. The Balaban J connectivity index is 1.81. The van der Waals surface area contributed by atoms with Crippen LogP contribution in [0.5, 0.6) is 0 Å². The third kappa shape index (κ3) is 2.03. The third-order valence-corrected chi connectivity index (χ3v) is 2.13. The quantitative estimate of drug-likeness (QED) is 0.771. The second kappa shape index (κ2) is 4.11. The fourth-order valence-corrected chi connectivity index (χ4v) is 1.28. The molecule has 0 aliphatic rings. The van der Waals surface area contributed by atoms with Crippen LogP contribution in [0.2, 0.25) is 0 Å². The van der Waals surface area contributed by atoms with Crippen molar-refractivity contribution in [3.05, 3.63) is 41.6 Å². The molecule has 0 aliphatic heterocycles. The van der Waals surface area contributed by atoms with Gasteiger partial charge in [-0.15, -0.1) is 0 Å². The molecule has 0 saturated heterocycles. The van der Waals surface area contributed by atoms with Gasteiger partial charge in [-0.1, -0.05) is 0 Å². The Kier molecular flexibility index (Phi) is 2.65. The lowest BCUT2D eigenvalue weighted by atomic mass is 10.3. The molecule has 4 heteroatoms. The zero-order chi connectivity index (χ0) is 9.80. The molecule has 0 radical (unpaired) electrons. The Morgan fingerprint density at radius 2 is 2.36 bits per heavy atom. The highest BCUT2D eigenvalue weighted by atomic mass is 16.3. The fourth-order valence-electron chi connectivity index (χ4n) is 1.28. The minimum atomic E-state index is 0.748. The molecule has 0 aromatic carbocycles. The van der Waals surface area contributed by atoms with Gasteiger partial charge in [0.15, 0.2) is 0 Å². The summed E-state index contributed by atoms with van der Waals surface area (Å²) in [6.07, 6.45) is 3.46. The van der Waals surface area contributed by atoms with E-state index in [1.54, 1.807) is 12.5 Å². The Hall–Kier alpha value is -1.55. The summed E-state index contributed by atoms with van der Waals surface area (Å²) in [4.78, 5) is 0. The number of aromatic nitrogens is 2. The van der Waals surface area contributed by atoms with Crippen molar-refractivity contribution in [1.82, 2.24) is 15.5 Å². The van der Waals surface area contributed by atoms with Crippen molar-refractivity contribution in [2.75, 3.05) is 0 Å². The summed E-state index contributed by atoms with van der Waals surface area (Å²) in [5.41, 5.74) is 2.26. The van der Waals surface area contributed by atoms with Crippen LogP contribution in [0.4, 0.5) is 0 Å². The largest absolute Gasteiger partial charge is 0.468 e. The van der Waals surface area contributed by atoms with Crippen molar-refractivity contribution >= 4 is 0 Å². The van der Waals surface area contributed by atoms with Crippen molar-refractivity contribution < 1.29 is 4.42 Å². The Morgan fingerprint density at radius 1 is 1.43 bits per heavy atom. The molecule has 14 heavy (non-hydrogen) atoms. The molecule has 2 N–H and O–H groups in total. The second-order valence-electron chi connectivity index (χ2n) is 3.21. The first-order valence-electron chi connectivity index (χ1n) is 4.58. The highest BCUT2D eigenvalue weighted by Crippen LogP contribution is 2.07. The maximum Gasteiger partial charge on any atom is 0.120 e. The molecule has 0 bridgehead atoms. The van der Waals surface area contributed by atoms with E-state index in [0.29, 0.717) is 0 Å². The topological polar surface area (TPSA) is 53.9 Å². The summed E-state index contributed by atoms with van der Waals surface area (Å²) in [5, 5.41) is 10.0. The van der Waals surface area contributed by atoms with Gasteiger partial charge in [0, 0.05) is 18.4 Å². The minimum absolute atomic E-state index is 0.748. The van der Waals surface area contributed by atoms with Gasteiger partial charge in [0.25, 0.3) is 0 Å². The number of hydrogen-bond donors (Lipinski definition) is 2. The smallest absolute Gasteiger partial charge is 0.120 e. The normalized spacial score (nSPS) is 10.6. The highest BCUT2D eigenvalue weighted by Gasteiger charge is 2.00. The van der Waals surface area contributed by atoms with Gasteiger partial charge < -0.3 is 9.73 Å². The van der Waals surface area contributed by atoms with Crippen LogP contribution in [0.3, 0.4) is 0 Å². The van der Waals surface area contributed by atoms with E-state index in [-0.39, 0.29) is 0 Å². The molecular weight excluding hydrogens is 178 g/mol. The van der Waals surface area contributed by atoms with Crippen molar-refractivity contribution in [2.24, 2.45) is 0 Å². The van der Waals surface area contributed by atoms with E-state index in [1.165, 1.54) is 5.56 Å². The van der Waals surface area contributed by atoms with Crippen LogP contribution < -0.4 is 5.32 Å². The number of nitrogens with zero attached hydrogens (tertiary/aromatic N) is 1. The van der Waals surface area contributed by atoms with Crippen molar-refractivity contribution in [3.8, 4) is 0 Å². The molecule has 0 amide bonds. The highest BCUT2D eigenvalue weighted by molar-refractivity contribution is 5.14. The predicted octanol–water partition coefficient (Wildman–Crippen LogP) is 1.60. The van der Waals surface area contributed by atoms with E-state index in [2.05, 4.69) is 15.5 Å². The zero-order valence-corrected chi connectivity index (χ0v) is 8.08. The Labute approximate surface area is 82.3 Å². The van der Waals surface area contributed by atoms with Crippen LogP contribution in [0.25, 0.3) is 0 Å². The van der Waals surface area contributed by atoms with Crippen LogP contribution in [0, 0.1) is 6.92 Å². The van der Waals surface area contributed by atoms with Gasteiger partial charge in [-0.2, -0.15) is 5.10 Å². The van der Waals surface area contributed by atoms with E-state index >= 15 is 0 Å². The predicted molar refractivity (Wildman–Crippen MR) is 52.6 cm³/mol. The number of rotatable bonds is 4. The first-order chi connectivity index (χ1) is 6.86. The van der Waals surface area contributed by atoms with Crippen LogP contribution in [0.15, 0.2) is 29.0 Å². The lowest BCUT2D eigenvalue weighted by molar-refractivity contribution is 0.479. The zero-order valence-electron chi connectivity index (χ0n) is 8.08. The molecule has 0 aliphatic carbocycles. The average molecular weight is 191 g/mol. The minimum Gasteiger partial charge on any atom is -0.468 e. The van der Waals surface area contributed by atoms with Gasteiger partial charge >= 0.3 is 0 Å². The Morgan fingerprint density at radius 3 is 3.00 bits per heavy atom. The van der Waals surface area contributed by atoms with Crippen LogP contribution in [0.1, 0.15) is 17.0 Å². The number of aromatic amines is 1. The second-order valence-corrected chi connectivity index (χ2v) is 3.21. The first-order valence-corrected chi connectivity index (χ1v) is 4.58. The fraction of sp³-hybridized carbons (Fsp3) is 0.300. The molecule has 4 nitrogen and oxygen atoms in total. The monoisotopic (exact) mass is 191 g/mol. The van der Waals surface area contributed by atoms with Gasteiger partial charge in [0.05, 0.1) is 12.8 Å². The van der Waals surface area contributed by atoms with Gasteiger partial charge in [0.2, 0.25) is 0 Å². The van der Waals surface area contributed by atoms with Crippen molar-refractivity contribution in [2.45, 2.75) is 20.0 Å².